The molecule has 7 heteroatoms. The molecule has 0 bridgehead atoms. The van der Waals surface area contributed by atoms with Gasteiger partial charge >= 0.3 is 0 Å². The fraction of sp³-hybridized carbons (Fsp3) is 0.158. The SMILES string of the molecule is COc1ccc(OCCNc2cc(Nc3ccc(Cl)cc3)ncn2)cc1. The first-order valence-corrected chi connectivity index (χ1v) is 8.46. The van der Waals surface area contributed by atoms with Gasteiger partial charge in [0.1, 0.15) is 36.1 Å². The first-order valence-electron chi connectivity index (χ1n) is 8.08. The molecule has 0 aliphatic heterocycles. The van der Waals surface area contributed by atoms with Gasteiger partial charge in [-0.25, -0.2) is 9.97 Å². The monoisotopic (exact) mass is 370 g/mol. The number of rotatable bonds is 8. The van der Waals surface area contributed by atoms with Gasteiger partial charge in [0.05, 0.1) is 13.7 Å². The predicted octanol–water partition coefficient (Wildman–Crippen LogP) is 4.37. The Bertz CT molecular complexity index is 826. The Morgan fingerprint density at radius 2 is 1.62 bits per heavy atom. The van der Waals surface area contributed by atoms with Gasteiger partial charge in [-0.3, -0.25) is 0 Å². The largest absolute Gasteiger partial charge is 0.497 e. The molecule has 0 atom stereocenters. The quantitative estimate of drug-likeness (QED) is 0.574. The molecule has 0 aliphatic rings. The van der Waals surface area contributed by atoms with E-state index in [4.69, 9.17) is 21.1 Å². The average molecular weight is 371 g/mol. The van der Waals surface area contributed by atoms with Gasteiger partial charge < -0.3 is 20.1 Å². The minimum Gasteiger partial charge on any atom is -0.497 e. The lowest BCUT2D eigenvalue weighted by molar-refractivity contribution is 0.331. The summed E-state index contributed by atoms with van der Waals surface area (Å²) in [6.45, 7) is 1.12. The summed E-state index contributed by atoms with van der Waals surface area (Å²) in [7, 11) is 1.64. The summed E-state index contributed by atoms with van der Waals surface area (Å²) in [5, 5.41) is 7.11. The highest BCUT2D eigenvalue weighted by atomic mass is 35.5. The second-order valence-corrected chi connectivity index (χ2v) is 5.81. The molecule has 134 valence electrons. The summed E-state index contributed by atoms with van der Waals surface area (Å²) < 4.78 is 10.8. The predicted molar refractivity (Wildman–Crippen MR) is 104 cm³/mol. The van der Waals surface area contributed by atoms with E-state index in [1.165, 1.54) is 6.33 Å². The number of hydrogen-bond acceptors (Lipinski definition) is 6. The van der Waals surface area contributed by atoms with E-state index in [0.29, 0.717) is 24.0 Å². The van der Waals surface area contributed by atoms with Crippen LogP contribution in [0.4, 0.5) is 17.3 Å². The van der Waals surface area contributed by atoms with Crippen LogP contribution in [0.1, 0.15) is 0 Å². The molecule has 0 saturated heterocycles. The molecule has 1 heterocycles. The third-order valence-corrected chi connectivity index (χ3v) is 3.77. The Morgan fingerprint density at radius 1 is 0.923 bits per heavy atom. The molecular weight excluding hydrogens is 352 g/mol. The molecule has 3 aromatic rings. The van der Waals surface area contributed by atoms with Gasteiger partial charge in [0, 0.05) is 16.8 Å². The van der Waals surface area contributed by atoms with Crippen LogP contribution in [0.3, 0.4) is 0 Å². The number of methoxy groups -OCH3 is 1. The lowest BCUT2D eigenvalue weighted by Crippen LogP contribution is -2.12. The number of hydrogen-bond donors (Lipinski definition) is 2. The highest BCUT2D eigenvalue weighted by Crippen LogP contribution is 2.19. The molecule has 2 N–H and O–H groups in total. The molecule has 3 rings (SSSR count). The topological polar surface area (TPSA) is 68.3 Å². The number of aromatic nitrogens is 2. The molecule has 0 fully saturated rings. The van der Waals surface area contributed by atoms with Crippen molar-refractivity contribution in [2.24, 2.45) is 0 Å². The maximum atomic E-state index is 5.89. The van der Waals surface area contributed by atoms with Crippen molar-refractivity contribution < 1.29 is 9.47 Å². The molecule has 0 radical (unpaired) electrons. The number of ether oxygens (including phenoxy) is 2. The second kappa shape index (κ2) is 8.92. The smallest absolute Gasteiger partial charge is 0.135 e. The van der Waals surface area contributed by atoms with Crippen LogP contribution in [0.15, 0.2) is 60.9 Å². The lowest BCUT2D eigenvalue weighted by Gasteiger charge is -2.10. The summed E-state index contributed by atoms with van der Waals surface area (Å²) in [5.41, 5.74) is 0.905. The van der Waals surface area contributed by atoms with E-state index in [-0.39, 0.29) is 0 Å². The van der Waals surface area contributed by atoms with Crippen LogP contribution in [0, 0.1) is 0 Å². The minimum atomic E-state index is 0.510. The summed E-state index contributed by atoms with van der Waals surface area (Å²) in [6, 6.07) is 16.7. The van der Waals surface area contributed by atoms with Crippen molar-refractivity contribution in [1.82, 2.24) is 9.97 Å². The lowest BCUT2D eigenvalue weighted by atomic mass is 10.3. The third-order valence-electron chi connectivity index (χ3n) is 3.52. The Morgan fingerprint density at radius 3 is 2.35 bits per heavy atom. The second-order valence-electron chi connectivity index (χ2n) is 5.37. The molecule has 2 aromatic carbocycles. The van der Waals surface area contributed by atoms with Gasteiger partial charge in [-0.2, -0.15) is 0 Å². The van der Waals surface area contributed by atoms with E-state index in [1.54, 1.807) is 7.11 Å². The van der Waals surface area contributed by atoms with Crippen LogP contribution in [0.2, 0.25) is 5.02 Å². The number of benzene rings is 2. The van der Waals surface area contributed by atoms with Crippen molar-refractivity contribution in [3.05, 3.63) is 65.9 Å². The Balaban J connectivity index is 1.48. The van der Waals surface area contributed by atoms with Crippen molar-refractivity contribution >= 4 is 28.9 Å². The Hall–Kier alpha value is -2.99. The minimum absolute atomic E-state index is 0.510. The van der Waals surface area contributed by atoms with Crippen molar-refractivity contribution in [2.45, 2.75) is 0 Å². The van der Waals surface area contributed by atoms with Crippen LogP contribution >= 0.6 is 11.6 Å². The first-order chi connectivity index (χ1) is 12.7. The summed E-state index contributed by atoms with van der Waals surface area (Å²) >= 11 is 5.89. The maximum Gasteiger partial charge on any atom is 0.135 e. The van der Waals surface area contributed by atoms with Gasteiger partial charge in [0.25, 0.3) is 0 Å². The van der Waals surface area contributed by atoms with E-state index in [0.717, 1.165) is 23.0 Å². The van der Waals surface area contributed by atoms with E-state index >= 15 is 0 Å². The molecular formula is C19H19ClN4O2. The van der Waals surface area contributed by atoms with Gasteiger partial charge in [0.15, 0.2) is 0 Å². The van der Waals surface area contributed by atoms with Crippen LogP contribution in [0.5, 0.6) is 11.5 Å². The molecule has 0 amide bonds. The van der Waals surface area contributed by atoms with Crippen molar-refractivity contribution in [2.75, 3.05) is 30.9 Å². The highest BCUT2D eigenvalue weighted by Gasteiger charge is 2.00. The Kier molecular flexibility index (Phi) is 6.11. The van der Waals surface area contributed by atoms with E-state index in [9.17, 15) is 0 Å². The van der Waals surface area contributed by atoms with Gasteiger partial charge in [-0.1, -0.05) is 11.6 Å². The number of nitrogens with zero attached hydrogens (tertiary/aromatic N) is 2. The first kappa shape index (κ1) is 17.8. The molecule has 0 saturated carbocycles. The molecule has 0 spiro atoms. The van der Waals surface area contributed by atoms with E-state index in [2.05, 4.69) is 20.6 Å². The molecule has 0 aliphatic carbocycles. The molecule has 26 heavy (non-hydrogen) atoms. The van der Waals surface area contributed by atoms with Crippen molar-refractivity contribution in [1.29, 1.82) is 0 Å². The zero-order valence-electron chi connectivity index (χ0n) is 14.3. The van der Waals surface area contributed by atoms with Gasteiger partial charge in [-0.15, -0.1) is 0 Å². The van der Waals surface area contributed by atoms with E-state index in [1.807, 2.05) is 54.6 Å². The highest BCUT2D eigenvalue weighted by molar-refractivity contribution is 6.30. The summed E-state index contributed by atoms with van der Waals surface area (Å²) in [6.07, 6.45) is 1.50. The fourth-order valence-corrected chi connectivity index (χ4v) is 2.35. The maximum absolute atomic E-state index is 5.89. The summed E-state index contributed by atoms with van der Waals surface area (Å²) in [4.78, 5) is 8.42. The summed E-state index contributed by atoms with van der Waals surface area (Å²) in [5.74, 6) is 3.01. The molecule has 0 unspecified atom stereocenters. The standard InChI is InChI=1S/C19H19ClN4O2/c1-25-16-6-8-17(9-7-16)26-11-10-21-18-12-19(23-13-22-18)24-15-4-2-14(20)3-5-15/h2-9,12-13H,10-11H2,1H3,(H2,21,22,23,24). The van der Waals surface area contributed by atoms with Crippen molar-refractivity contribution in [3.63, 3.8) is 0 Å². The Labute approximate surface area is 157 Å². The van der Waals surface area contributed by atoms with Crippen LogP contribution in [0.25, 0.3) is 0 Å². The number of anilines is 3. The van der Waals surface area contributed by atoms with E-state index < -0.39 is 0 Å². The van der Waals surface area contributed by atoms with Gasteiger partial charge in [-0.05, 0) is 48.5 Å². The van der Waals surface area contributed by atoms with Crippen LogP contribution < -0.4 is 20.1 Å². The molecule has 6 nitrogen and oxygen atoms in total. The zero-order chi connectivity index (χ0) is 18.2. The third kappa shape index (κ3) is 5.26. The average Bonchev–Trinajstić information content (AvgIpc) is 2.68. The van der Waals surface area contributed by atoms with Gasteiger partial charge in [0.2, 0.25) is 0 Å². The number of nitrogens with one attached hydrogen (secondary N) is 2. The zero-order valence-corrected chi connectivity index (χ0v) is 15.0. The normalized spacial score (nSPS) is 10.2. The molecule has 1 aromatic heterocycles. The number of halogens is 1. The van der Waals surface area contributed by atoms with Crippen LogP contribution in [-0.4, -0.2) is 30.2 Å². The van der Waals surface area contributed by atoms with Crippen LogP contribution in [-0.2, 0) is 0 Å². The fourth-order valence-electron chi connectivity index (χ4n) is 2.22. The van der Waals surface area contributed by atoms with Crippen molar-refractivity contribution in [3.8, 4) is 11.5 Å².